The van der Waals surface area contributed by atoms with E-state index < -0.39 is 17.2 Å². The molecule has 18 heavy (non-hydrogen) atoms. The molecule has 1 aromatic heterocycles. The summed E-state index contributed by atoms with van der Waals surface area (Å²) < 4.78 is 18.7. The van der Waals surface area contributed by atoms with E-state index in [0.29, 0.717) is 17.1 Å². The van der Waals surface area contributed by atoms with Gasteiger partial charge in [-0.1, -0.05) is 0 Å². The highest BCUT2D eigenvalue weighted by Crippen LogP contribution is 2.26. The van der Waals surface area contributed by atoms with Crippen molar-refractivity contribution in [3.8, 4) is 0 Å². The van der Waals surface area contributed by atoms with Crippen LogP contribution in [0.5, 0.6) is 0 Å². The van der Waals surface area contributed by atoms with Crippen LogP contribution in [0, 0.1) is 13.8 Å². The van der Waals surface area contributed by atoms with E-state index in [4.69, 9.17) is 4.42 Å². The number of aryl methyl sites for hydroxylation is 2. The molecule has 4 nitrogen and oxygen atoms in total. The Labute approximate surface area is 106 Å². The molecular weight excluding hydrogens is 237 g/mol. The SMILES string of the molecule is Cc1cc(C(C)(O)CNC(=O)C(C)(C)F)c(C)o1. The van der Waals surface area contributed by atoms with Crippen molar-refractivity contribution in [2.75, 3.05) is 6.54 Å². The van der Waals surface area contributed by atoms with Crippen LogP contribution in [-0.2, 0) is 10.4 Å². The third-order valence-electron chi connectivity index (χ3n) is 2.75. The molecule has 0 fully saturated rings. The average molecular weight is 257 g/mol. The number of nitrogens with one attached hydrogen (secondary N) is 1. The molecule has 1 atom stereocenters. The quantitative estimate of drug-likeness (QED) is 0.866. The lowest BCUT2D eigenvalue weighted by Gasteiger charge is -2.25. The predicted molar refractivity (Wildman–Crippen MR) is 65.9 cm³/mol. The molecule has 0 aliphatic carbocycles. The van der Waals surface area contributed by atoms with Crippen LogP contribution in [0.1, 0.15) is 37.9 Å². The van der Waals surface area contributed by atoms with E-state index in [9.17, 15) is 14.3 Å². The minimum Gasteiger partial charge on any atom is -0.466 e. The van der Waals surface area contributed by atoms with E-state index in [1.54, 1.807) is 26.8 Å². The van der Waals surface area contributed by atoms with Crippen molar-refractivity contribution in [2.45, 2.75) is 45.9 Å². The summed E-state index contributed by atoms with van der Waals surface area (Å²) in [4.78, 5) is 11.4. The van der Waals surface area contributed by atoms with E-state index in [0.717, 1.165) is 0 Å². The summed E-state index contributed by atoms with van der Waals surface area (Å²) in [5.41, 5.74) is -2.66. The third-order valence-corrected chi connectivity index (χ3v) is 2.75. The molecule has 1 aromatic rings. The lowest BCUT2D eigenvalue weighted by atomic mass is 9.96. The van der Waals surface area contributed by atoms with Gasteiger partial charge in [-0.25, -0.2) is 4.39 Å². The summed E-state index contributed by atoms with van der Waals surface area (Å²) >= 11 is 0. The largest absolute Gasteiger partial charge is 0.466 e. The molecule has 0 aromatic carbocycles. The van der Waals surface area contributed by atoms with Gasteiger partial charge in [-0.05, 0) is 40.7 Å². The van der Waals surface area contributed by atoms with Gasteiger partial charge in [0.05, 0.1) is 6.54 Å². The monoisotopic (exact) mass is 257 g/mol. The lowest BCUT2D eigenvalue weighted by Crippen LogP contribution is -2.45. The van der Waals surface area contributed by atoms with E-state index >= 15 is 0 Å². The van der Waals surface area contributed by atoms with Gasteiger partial charge >= 0.3 is 0 Å². The maximum Gasteiger partial charge on any atom is 0.257 e. The molecule has 1 unspecified atom stereocenters. The number of aliphatic hydroxyl groups is 1. The van der Waals surface area contributed by atoms with Gasteiger partial charge in [-0.2, -0.15) is 0 Å². The Morgan fingerprint density at radius 3 is 2.39 bits per heavy atom. The van der Waals surface area contributed by atoms with Gasteiger partial charge in [-0.15, -0.1) is 0 Å². The number of rotatable bonds is 4. The highest BCUT2D eigenvalue weighted by atomic mass is 19.1. The molecular formula is C13H20FNO3. The zero-order chi connectivity index (χ0) is 14.1. The smallest absolute Gasteiger partial charge is 0.257 e. The standard InChI is InChI=1S/C13H20FNO3/c1-8-6-10(9(2)18-8)13(5,17)7-15-11(16)12(3,4)14/h6,17H,7H2,1-5H3,(H,15,16). The molecule has 0 bridgehead atoms. The minimum atomic E-state index is -1.96. The van der Waals surface area contributed by atoms with Gasteiger partial charge < -0.3 is 14.8 Å². The van der Waals surface area contributed by atoms with Crippen LogP contribution in [0.3, 0.4) is 0 Å². The van der Waals surface area contributed by atoms with Crippen LogP contribution >= 0.6 is 0 Å². The number of halogens is 1. The first-order valence-corrected chi connectivity index (χ1v) is 5.81. The minimum absolute atomic E-state index is 0.0704. The molecule has 1 amide bonds. The second-order valence-corrected chi connectivity index (χ2v) is 5.26. The normalized spacial score (nSPS) is 15.3. The topological polar surface area (TPSA) is 62.5 Å². The number of hydrogen-bond donors (Lipinski definition) is 2. The Balaban J connectivity index is 2.77. The van der Waals surface area contributed by atoms with Crippen molar-refractivity contribution in [2.24, 2.45) is 0 Å². The second kappa shape index (κ2) is 4.72. The number of carbonyl (C=O) groups is 1. The summed E-state index contributed by atoms with van der Waals surface area (Å²) in [6.45, 7) is 7.33. The Bertz CT molecular complexity index is 444. The van der Waals surface area contributed by atoms with Crippen molar-refractivity contribution in [1.29, 1.82) is 0 Å². The Morgan fingerprint density at radius 1 is 1.44 bits per heavy atom. The molecule has 102 valence electrons. The molecule has 0 saturated carbocycles. The number of hydrogen-bond acceptors (Lipinski definition) is 3. The molecule has 0 aliphatic heterocycles. The first kappa shape index (κ1) is 14.7. The maximum absolute atomic E-state index is 13.3. The van der Waals surface area contributed by atoms with Crippen LogP contribution in [0.15, 0.2) is 10.5 Å². The highest BCUT2D eigenvalue weighted by Gasteiger charge is 2.32. The van der Waals surface area contributed by atoms with Gasteiger partial charge in [0.2, 0.25) is 0 Å². The third kappa shape index (κ3) is 3.32. The summed E-state index contributed by atoms with van der Waals surface area (Å²) in [7, 11) is 0. The summed E-state index contributed by atoms with van der Waals surface area (Å²) in [6, 6.07) is 1.71. The van der Waals surface area contributed by atoms with Crippen molar-refractivity contribution in [1.82, 2.24) is 5.32 Å². The number of amides is 1. The number of alkyl halides is 1. The van der Waals surface area contributed by atoms with E-state index in [-0.39, 0.29) is 6.54 Å². The van der Waals surface area contributed by atoms with Crippen LogP contribution in [0.25, 0.3) is 0 Å². The summed E-state index contributed by atoms with van der Waals surface area (Å²) in [5, 5.41) is 12.7. The van der Waals surface area contributed by atoms with Crippen molar-refractivity contribution in [3.63, 3.8) is 0 Å². The van der Waals surface area contributed by atoms with E-state index in [2.05, 4.69) is 5.32 Å². The fraction of sp³-hybridized carbons (Fsp3) is 0.615. The number of carbonyl (C=O) groups excluding carboxylic acids is 1. The molecule has 0 aliphatic rings. The maximum atomic E-state index is 13.3. The molecule has 1 heterocycles. The van der Waals surface area contributed by atoms with Crippen molar-refractivity contribution >= 4 is 5.91 Å². The summed E-state index contributed by atoms with van der Waals surface area (Å²) in [6.07, 6.45) is 0. The second-order valence-electron chi connectivity index (χ2n) is 5.26. The van der Waals surface area contributed by atoms with Crippen LogP contribution < -0.4 is 5.32 Å². The van der Waals surface area contributed by atoms with Gasteiger partial charge in [-0.3, -0.25) is 4.79 Å². The molecule has 0 radical (unpaired) electrons. The fourth-order valence-corrected chi connectivity index (χ4v) is 1.72. The highest BCUT2D eigenvalue weighted by molar-refractivity contribution is 5.84. The summed E-state index contributed by atoms with van der Waals surface area (Å²) in [5.74, 6) is 0.520. The van der Waals surface area contributed by atoms with Gasteiger partial charge in [0.1, 0.15) is 17.1 Å². The van der Waals surface area contributed by atoms with Crippen LogP contribution in [0.2, 0.25) is 0 Å². The predicted octanol–water partition coefficient (Wildman–Crippen LogP) is 1.97. The lowest BCUT2D eigenvalue weighted by molar-refractivity contribution is -0.132. The van der Waals surface area contributed by atoms with Crippen LogP contribution in [0.4, 0.5) is 4.39 Å². The molecule has 2 N–H and O–H groups in total. The van der Waals surface area contributed by atoms with E-state index in [1.807, 2.05) is 0 Å². The first-order valence-electron chi connectivity index (χ1n) is 5.81. The molecule has 0 spiro atoms. The van der Waals surface area contributed by atoms with Crippen molar-refractivity contribution in [3.05, 3.63) is 23.2 Å². The molecule has 5 heteroatoms. The molecule has 0 saturated heterocycles. The molecule has 1 rings (SSSR count). The average Bonchev–Trinajstić information content (AvgIpc) is 2.53. The Kier molecular flexibility index (Phi) is 3.86. The van der Waals surface area contributed by atoms with Gasteiger partial charge in [0.15, 0.2) is 5.67 Å². The van der Waals surface area contributed by atoms with E-state index in [1.165, 1.54) is 13.8 Å². The fourth-order valence-electron chi connectivity index (χ4n) is 1.72. The van der Waals surface area contributed by atoms with Gasteiger partial charge in [0.25, 0.3) is 5.91 Å². The van der Waals surface area contributed by atoms with Crippen LogP contribution in [-0.4, -0.2) is 23.2 Å². The zero-order valence-corrected chi connectivity index (χ0v) is 11.4. The van der Waals surface area contributed by atoms with Gasteiger partial charge in [0, 0.05) is 5.56 Å². The zero-order valence-electron chi connectivity index (χ0n) is 11.4. The first-order chi connectivity index (χ1) is 8.04. The Morgan fingerprint density at radius 2 is 2.00 bits per heavy atom. The Hall–Kier alpha value is -1.36. The van der Waals surface area contributed by atoms with Crippen molar-refractivity contribution < 1.29 is 18.7 Å². The number of furan rings is 1.